The SMILES string of the molecule is COc1cc(C)c(C)cc1CNCC(C)(C)CN. The summed E-state index contributed by atoms with van der Waals surface area (Å²) in [6.07, 6.45) is 0. The Morgan fingerprint density at radius 3 is 2.39 bits per heavy atom. The maximum absolute atomic E-state index is 5.72. The highest BCUT2D eigenvalue weighted by atomic mass is 16.5. The van der Waals surface area contributed by atoms with E-state index < -0.39 is 0 Å². The average Bonchev–Trinajstić information content (AvgIpc) is 2.33. The lowest BCUT2D eigenvalue weighted by Gasteiger charge is -2.23. The largest absolute Gasteiger partial charge is 0.496 e. The van der Waals surface area contributed by atoms with E-state index in [0.29, 0.717) is 6.54 Å². The summed E-state index contributed by atoms with van der Waals surface area (Å²) in [5.41, 5.74) is 9.61. The molecule has 3 N–H and O–H groups in total. The van der Waals surface area contributed by atoms with Gasteiger partial charge in [0.2, 0.25) is 0 Å². The highest BCUT2D eigenvalue weighted by molar-refractivity contribution is 5.41. The van der Waals surface area contributed by atoms with Crippen LogP contribution in [0.4, 0.5) is 0 Å². The third-order valence-electron chi connectivity index (χ3n) is 3.37. The molecule has 0 aliphatic rings. The van der Waals surface area contributed by atoms with E-state index in [4.69, 9.17) is 10.5 Å². The minimum absolute atomic E-state index is 0.132. The van der Waals surface area contributed by atoms with Gasteiger partial charge in [-0.2, -0.15) is 0 Å². The van der Waals surface area contributed by atoms with Gasteiger partial charge in [-0.1, -0.05) is 19.9 Å². The number of hydrogen-bond acceptors (Lipinski definition) is 3. The fourth-order valence-electron chi connectivity index (χ4n) is 1.79. The number of nitrogens with two attached hydrogens (primary N) is 1. The number of benzene rings is 1. The molecule has 18 heavy (non-hydrogen) atoms. The van der Waals surface area contributed by atoms with Crippen molar-refractivity contribution in [3.63, 3.8) is 0 Å². The van der Waals surface area contributed by atoms with Crippen LogP contribution in [0.1, 0.15) is 30.5 Å². The van der Waals surface area contributed by atoms with Crippen LogP contribution < -0.4 is 15.8 Å². The molecule has 3 heteroatoms. The minimum Gasteiger partial charge on any atom is -0.496 e. The average molecular weight is 250 g/mol. The second kappa shape index (κ2) is 6.21. The molecule has 0 aliphatic carbocycles. The first-order valence-corrected chi connectivity index (χ1v) is 6.44. The predicted molar refractivity (Wildman–Crippen MR) is 77.0 cm³/mol. The second-order valence-electron chi connectivity index (χ2n) is 5.72. The Kier molecular flexibility index (Phi) is 5.17. The summed E-state index contributed by atoms with van der Waals surface area (Å²) in [6.45, 7) is 11.0. The number of rotatable bonds is 6. The Morgan fingerprint density at radius 1 is 1.22 bits per heavy atom. The predicted octanol–water partition coefficient (Wildman–Crippen LogP) is 2.39. The molecule has 0 atom stereocenters. The van der Waals surface area contributed by atoms with Crippen molar-refractivity contribution in [3.05, 3.63) is 28.8 Å². The molecule has 0 saturated heterocycles. The number of methoxy groups -OCH3 is 1. The maximum Gasteiger partial charge on any atom is 0.123 e. The molecule has 0 fully saturated rings. The Hall–Kier alpha value is -1.06. The van der Waals surface area contributed by atoms with Gasteiger partial charge in [0.25, 0.3) is 0 Å². The summed E-state index contributed by atoms with van der Waals surface area (Å²) in [6, 6.07) is 4.29. The van der Waals surface area contributed by atoms with Crippen molar-refractivity contribution in [2.24, 2.45) is 11.1 Å². The summed E-state index contributed by atoms with van der Waals surface area (Å²) in [7, 11) is 1.72. The van der Waals surface area contributed by atoms with Crippen molar-refractivity contribution < 1.29 is 4.74 Å². The van der Waals surface area contributed by atoms with Crippen LogP contribution >= 0.6 is 0 Å². The van der Waals surface area contributed by atoms with Gasteiger partial charge >= 0.3 is 0 Å². The molecule has 0 saturated carbocycles. The monoisotopic (exact) mass is 250 g/mol. The first-order chi connectivity index (χ1) is 8.39. The molecular weight excluding hydrogens is 224 g/mol. The van der Waals surface area contributed by atoms with E-state index in [2.05, 4.69) is 45.1 Å². The third-order valence-corrected chi connectivity index (χ3v) is 3.37. The molecular formula is C15H26N2O. The number of nitrogens with one attached hydrogen (secondary N) is 1. The number of aryl methyl sites for hydroxylation is 2. The zero-order valence-electron chi connectivity index (χ0n) is 12.3. The molecule has 0 heterocycles. The molecule has 0 bridgehead atoms. The fraction of sp³-hybridized carbons (Fsp3) is 0.600. The third kappa shape index (κ3) is 4.00. The van der Waals surface area contributed by atoms with Crippen LogP contribution in [-0.4, -0.2) is 20.2 Å². The lowest BCUT2D eigenvalue weighted by atomic mass is 9.94. The van der Waals surface area contributed by atoms with Crippen molar-refractivity contribution in [3.8, 4) is 5.75 Å². The summed E-state index contributed by atoms with van der Waals surface area (Å²) in [5.74, 6) is 0.955. The molecule has 3 nitrogen and oxygen atoms in total. The second-order valence-corrected chi connectivity index (χ2v) is 5.72. The summed E-state index contributed by atoms with van der Waals surface area (Å²) >= 11 is 0. The topological polar surface area (TPSA) is 47.3 Å². The van der Waals surface area contributed by atoms with Gasteiger partial charge in [0, 0.05) is 18.7 Å². The minimum atomic E-state index is 0.132. The lowest BCUT2D eigenvalue weighted by molar-refractivity contribution is 0.348. The van der Waals surface area contributed by atoms with Gasteiger partial charge in [0.1, 0.15) is 5.75 Å². The van der Waals surface area contributed by atoms with Crippen LogP contribution in [-0.2, 0) is 6.54 Å². The van der Waals surface area contributed by atoms with Crippen molar-refractivity contribution in [2.45, 2.75) is 34.2 Å². The molecule has 1 rings (SSSR count). The first-order valence-electron chi connectivity index (χ1n) is 6.44. The van der Waals surface area contributed by atoms with Crippen LogP contribution in [0.25, 0.3) is 0 Å². The molecule has 0 unspecified atom stereocenters. The van der Waals surface area contributed by atoms with Gasteiger partial charge in [-0.25, -0.2) is 0 Å². The Balaban J connectivity index is 2.70. The quantitative estimate of drug-likeness (QED) is 0.815. The summed E-state index contributed by atoms with van der Waals surface area (Å²) in [5, 5.41) is 3.45. The highest BCUT2D eigenvalue weighted by Crippen LogP contribution is 2.23. The van der Waals surface area contributed by atoms with Crippen LogP contribution in [0.15, 0.2) is 12.1 Å². The standard InChI is InChI=1S/C15H26N2O/c1-11-6-13(14(18-5)7-12(11)2)8-17-10-15(3,4)9-16/h6-7,17H,8-10,16H2,1-5H3. The van der Waals surface area contributed by atoms with E-state index in [-0.39, 0.29) is 5.41 Å². The van der Waals surface area contributed by atoms with E-state index in [1.165, 1.54) is 16.7 Å². The van der Waals surface area contributed by atoms with E-state index in [9.17, 15) is 0 Å². The van der Waals surface area contributed by atoms with E-state index >= 15 is 0 Å². The Labute approximate surface area is 111 Å². The Morgan fingerprint density at radius 2 is 1.83 bits per heavy atom. The zero-order chi connectivity index (χ0) is 13.8. The van der Waals surface area contributed by atoms with Gasteiger partial charge < -0.3 is 15.8 Å². The molecule has 0 spiro atoms. The summed E-state index contributed by atoms with van der Waals surface area (Å²) in [4.78, 5) is 0. The van der Waals surface area contributed by atoms with Crippen molar-refractivity contribution in [1.29, 1.82) is 0 Å². The van der Waals surface area contributed by atoms with Crippen LogP contribution in [0.2, 0.25) is 0 Å². The molecule has 0 amide bonds. The van der Waals surface area contributed by atoms with E-state index in [1.54, 1.807) is 7.11 Å². The molecule has 102 valence electrons. The zero-order valence-corrected chi connectivity index (χ0v) is 12.3. The van der Waals surface area contributed by atoms with Gasteiger partial charge in [-0.15, -0.1) is 0 Å². The van der Waals surface area contributed by atoms with Crippen molar-refractivity contribution in [2.75, 3.05) is 20.2 Å². The highest BCUT2D eigenvalue weighted by Gasteiger charge is 2.15. The Bertz CT molecular complexity index is 400. The molecule has 0 aliphatic heterocycles. The smallest absolute Gasteiger partial charge is 0.123 e. The lowest BCUT2D eigenvalue weighted by Crippen LogP contribution is -2.35. The van der Waals surface area contributed by atoms with Gasteiger partial charge in [-0.3, -0.25) is 0 Å². The van der Waals surface area contributed by atoms with E-state index in [1.807, 2.05) is 0 Å². The molecule has 0 aromatic heterocycles. The van der Waals surface area contributed by atoms with Crippen LogP contribution in [0.5, 0.6) is 5.75 Å². The van der Waals surface area contributed by atoms with Crippen LogP contribution in [0, 0.1) is 19.3 Å². The van der Waals surface area contributed by atoms with Gasteiger partial charge in [0.05, 0.1) is 7.11 Å². The van der Waals surface area contributed by atoms with Gasteiger partial charge in [-0.05, 0) is 43.0 Å². The van der Waals surface area contributed by atoms with Crippen molar-refractivity contribution >= 4 is 0 Å². The first kappa shape index (κ1) is 15.0. The molecule has 0 radical (unpaired) electrons. The van der Waals surface area contributed by atoms with Crippen molar-refractivity contribution in [1.82, 2.24) is 5.32 Å². The summed E-state index contributed by atoms with van der Waals surface area (Å²) < 4.78 is 5.43. The molecule has 1 aromatic rings. The number of hydrogen-bond donors (Lipinski definition) is 2. The van der Waals surface area contributed by atoms with Crippen LogP contribution in [0.3, 0.4) is 0 Å². The molecule has 1 aromatic carbocycles. The van der Waals surface area contributed by atoms with E-state index in [0.717, 1.165) is 18.8 Å². The normalized spacial score (nSPS) is 11.7. The maximum atomic E-state index is 5.72. The fourth-order valence-corrected chi connectivity index (χ4v) is 1.79. The number of ether oxygens (including phenoxy) is 1. The van der Waals surface area contributed by atoms with Gasteiger partial charge in [0.15, 0.2) is 0 Å².